The Morgan fingerprint density at radius 3 is 2.37 bits per heavy atom. The van der Waals surface area contributed by atoms with Crippen LogP contribution < -0.4 is 0 Å². The number of benzene rings is 2. The van der Waals surface area contributed by atoms with Crippen LogP contribution in [-0.2, 0) is 35.5 Å². The number of carbonyl (C=O) groups is 1. The van der Waals surface area contributed by atoms with Gasteiger partial charge in [0, 0.05) is 26.1 Å². The van der Waals surface area contributed by atoms with Crippen LogP contribution >= 0.6 is 0 Å². The summed E-state index contributed by atoms with van der Waals surface area (Å²) in [7, 11) is 1.64. The van der Waals surface area contributed by atoms with Gasteiger partial charge in [-0.25, -0.2) is 14.5 Å². The fourth-order valence-corrected chi connectivity index (χ4v) is 4.91. The molecule has 2 heterocycles. The van der Waals surface area contributed by atoms with Crippen LogP contribution in [0, 0.1) is 20.8 Å². The predicted molar refractivity (Wildman–Crippen MR) is 136 cm³/mol. The van der Waals surface area contributed by atoms with Crippen LogP contribution in [0.3, 0.4) is 0 Å². The van der Waals surface area contributed by atoms with Gasteiger partial charge in [0.05, 0.1) is 5.69 Å². The number of methoxy groups -OCH3 is 1. The van der Waals surface area contributed by atoms with Crippen molar-refractivity contribution in [2.45, 2.75) is 79.2 Å². The molecule has 0 radical (unpaired) electrons. The van der Waals surface area contributed by atoms with Gasteiger partial charge in [-0.05, 0) is 70.2 Å². The molecule has 0 saturated heterocycles. The zero-order valence-corrected chi connectivity index (χ0v) is 21.9. The SMILES string of the molecule is COCc1nc(C[C@@H]2Cc3ccccc3CN2C(=O)OC(C)(C)C)n(-c2c(C)cc(C)cc2C)n1. The lowest BCUT2D eigenvalue weighted by Gasteiger charge is -2.37. The van der Waals surface area contributed by atoms with Crippen molar-refractivity contribution in [3.8, 4) is 5.69 Å². The smallest absolute Gasteiger partial charge is 0.410 e. The standard InChI is InChI=1S/C28H36N4O3/c1-18-12-19(2)26(20(3)13-18)32-25(29-24(30-32)17-34-7)15-23-14-21-10-8-9-11-22(21)16-31(23)27(33)35-28(4,5)6/h8-13,23H,14-17H2,1-7H3/t23-/m0/s1. The Balaban J connectivity index is 1.75. The molecule has 0 unspecified atom stereocenters. The van der Waals surface area contributed by atoms with Crippen molar-refractivity contribution >= 4 is 6.09 Å². The van der Waals surface area contributed by atoms with Crippen molar-refractivity contribution in [2.24, 2.45) is 0 Å². The van der Waals surface area contributed by atoms with Gasteiger partial charge in [-0.15, -0.1) is 5.10 Å². The average molecular weight is 477 g/mol. The normalized spacial score (nSPS) is 15.7. The first kappa shape index (κ1) is 24.9. The first-order valence-electron chi connectivity index (χ1n) is 12.1. The summed E-state index contributed by atoms with van der Waals surface area (Å²) in [6.07, 6.45) is 0.980. The Morgan fingerprint density at radius 2 is 1.74 bits per heavy atom. The average Bonchev–Trinajstić information content (AvgIpc) is 3.13. The molecule has 1 aromatic heterocycles. The molecule has 186 valence electrons. The first-order chi connectivity index (χ1) is 16.6. The zero-order valence-electron chi connectivity index (χ0n) is 21.9. The lowest BCUT2D eigenvalue weighted by atomic mass is 9.92. The van der Waals surface area contributed by atoms with Crippen LogP contribution in [-0.4, -0.2) is 44.5 Å². The van der Waals surface area contributed by atoms with E-state index in [0.29, 0.717) is 25.4 Å². The van der Waals surface area contributed by atoms with Gasteiger partial charge in [0.2, 0.25) is 0 Å². The van der Waals surface area contributed by atoms with Crippen LogP contribution in [0.5, 0.6) is 0 Å². The number of fused-ring (bicyclic) bond motifs is 1. The molecule has 0 spiro atoms. The van der Waals surface area contributed by atoms with E-state index in [1.165, 1.54) is 11.1 Å². The summed E-state index contributed by atoms with van der Waals surface area (Å²) in [6, 6.07) is 12.5. The van der Waals surface area contributed by atoms with Gasteiger partial charge in [0.15, 0.2) is 5.82 Å². The molecular formula is C28H36N4O3. The molecule has 0 aliphatic carbocycles. The Hall–Kier alpha value is -3.19. The minimum absolute atomic E-state index is 0.107. The molecular weight excluding hydrogens is 440 g/mol. The van der Waals surface area contributed by atoms with Crippen LogP contribution in [0.1, 0.15) is 60.2 Å². The van der Waals surface area contributed by atoms with Gasteiger partial charge in [0.1, 0.15) is 18.0 Å². The molecule has 2 aromatic carbocycles. The minimum atomic E-state index is -0.569. The maximum absolute atomic E-state index is 13.3. The fourth-order valence-electron chi connectivity index (χ4n) is 4.91. The van der Waals surface area contributed by atoms with Crippen LogP contribution in [0.4, 0.5) is 4.79 Å². The van der Waals surface area contributed by atoms with Gasteiger partial charge in [-0.2, -0.15) is 0 Å². The summed E-state index contributed by atoms with van der Waals surface area (Å²) in [5, 5.41) is 4.81. The maximum Gasteiger partial charge on any atom is 0.410 e. The Labute approximate surface area is 208 Å². The highest BCUT2D eigenvalue weighted by Gasteiger charge is 2.34. The number of ether oxygens (including phenoxy) is 2. The molecule has 4 rings (SSSR count). The topological polar surface area (TPSA) is 69.5 Å². The summed E-state index contributed by atoms with van der Waals surface area (Å²) in [5.41, 5.74) is 6.35. The molecule has 1 aliphatic rings. The number of nitrogens with zero attached hydrogens (tertiary/aromatic N) is 4. The second kappa shape index (κ2) is 9.82. The molecule has 0 fully saturated rings. The Kier molecular flexibility index (Phi) is 6.99. The van der Waals surface area contributed by atoms with Gasteiger partial charge in [-0.1, -0.05) is 42.0 Å². The number of aromatic nitrogens is 3. The summed E-state index contributed by atoms with van der Waals surface area (Å²) >= 11 is 0. The van der Waals surface area contributed by atoms with E-state index in [2.05, 4.69) is 51.1 Å². The molecule has 7 heteroatoms. The molecule has 35 heavy (non-hydrogen) atoms. The predicted octanol–water partition coefficient (Wildman–Crippen LogP) is 5.24. The zero-order chi connectivity index (χ0) is 25.3. The van der Waals surface area contributed by atoms with Crippen molar-refractivity contribution in [2.75, 3.05) is 7.11 Å². The van der Waals surface area contributed by atoms with E-state index in [1.807, 2.05) is 36.4 Å². The summed E-state index contributed by atoms with van der Waals surface area (Å²) in [4.78, 5) is 20.0. The number of hydrogen-bond donors (Lipinski definition) is 0. The quantitative estimate of drug-likeness (QED) is 0.503. The maximum atomic E-state index is 13.3. The third-order valence-electron chi connectivity index (χ3n) is 6.24. The molecule has 3 aromatic rings. The van der Waals surface area contributed by atoms with Gasteiger partial charge < -0.3 is 14.4 Å². The molecule has 0 saturated carbocycles. The molecule has 0 N–H and O–H groups in total. The fraction of sp³-hybridized carbons (Fsp3) is 0.464. The number of hydrogen-bond acceptors (Lipinski definition) is 5. The van der Waals surface area contributed by atoms with E-state index in [1.54, 1.807) is 7.11 Å². The van der Waals surface area contributed by atoms with Crippen LogP contribution in [0.15, 0.2) is 36.4 Å². The Morgan fingerprint density at radius 1 is 1.09 bits per heavy atom. The third-order valence-corrected chi connectivity index (χ3v) is 6.24. The van der Waals surface area contributed by atoms with Crippen molar-refractivity contribution < 1.29 is 14.3 Å². The highest BCUT2D eigenvalue weighted by atomic mass is 16.6. The molecule has 0 bridgehead atoms. The highest BCUT2D eigenvalue weighted by Crippen LogP contribution is 2.29. The third kappa shape index (κ3) is 5.56. The second-order valence-corrected chi connectivity index (χ2v) is 10.5. The van der Waals surface area contributed by atoms with Crippen LogP contribution in [0.2, 0.25) is 0 Å². The van der Waals surface area contributed by atoms with E-state index >= 15 is 0 Å². The molecule has 1 atom stereocenters. The van der Waals surface area contributed by atoms with E-state index in [4.69, 9.17) is 19.6 Å². The number of rotatable bonds is 5. The first-order valence-corrected chi connectivity index (χ1v) is 12.1. The van der Waals surface area contributed by atoms with Crippen molar-refractivity contribution in [1.82, 2.24) is 19.7 Å². The second-order valence-electron chi connectivity index (χ2n) is 10.5. The van der Waals surface area contributed by atoms with Crippen molar-refractivity contribution in [1.29, 1.82) is 0 Å². The lowest BCUT2D eigenvalue weighted by Crippen LogP contribution is -2.47. The number of aryl methyl sites for hydroxylation is 3. The van der Waals surface area contributed by atoms with E-state index < -0.39 is 5.60 Å². The molecule has 1 aliphatic heterocycles. The van der Waals surface area contributed by atoms with Crippen LogP contribution in [0.25, 0.3) is 5.69 Å². The van der Waals surface area contributed by atoms with Gasteiger partial charge >= 0.3 is 6.09 Å². The van der Waals surface area contributed by atoms with E-state index in [-0.39, 0.29) is 12.1 Å². The monoisotopic (exact) mass is 476 g/mol. The summed E-state index contributed by atoms with van der Waals surface area (Å²) < 4.78 is 13.1. The van der Waals surface area contributed by atoms with Crippen molar-refractivity contribution in [3.05, 3.63) is 75.9 Å². The largest absolute Gasteiger partial charge is 0.444 e. The number of carbonyl (C=O) groups excluding carboxylic acids is 1. The molecule has 7 nitrogen and oxygen atoms in total. The summed E-state index contributed by atoms with van der Waals surface area (Å²) in [5.74, 6) is 1.44. The Bertz CT molecular complexity index is 1200. The van der Waals surface area contributed by atoms with E-state index in [9.17, 15) is 4.79 Å². The highest BCUT2D eigenvalue weighted by molar-refractivity contribution is 5.69. The molecule has 1 amide bonds. The van der Waals surface area contributed by atoms with E-state index in [0.717, 1.165) is 34.6 Å². The van der Waals surface area contributed by atoms with Crippen molar-refractivity contribution in [3.63, 3.8) is 0 Å². The lowest BCUT2D eigenvalue weighted by molar-refractivity contribution is 0.0117. The van der Waals surface area contributed by atoms with Gasteiger partial charge in [0.25, 0.3) is 0 Å². The minimum Gasteiger partial charge on any atom is -0.444 e. The summed E-state index contributed by atoms with van der Waals surface area (Å²) in [6.45, 7) is 12.8. The van der Waals surface area contributed by atoms with Gasteiger partial charge in [-0.3, -0.25) is 0 Å². The number of amides is 1.